The summed E-state index contributed by atoms with van der Waals surface area (Å²) in [5.74, 6) is 6.51. The van der Waals surface area contributed by atoms with Crippen molar-refractivity contribution in [3.05, 3.63) is 29.8 Å². The molecular formula is C14H19N3. The minimum absolute atomic E-state index is 0.397. The second-order valence-electron chi connectivity index (χ2n) is 4.03. The van der Waals surface area contributed by atoms with E-state index in [9.17, 15) is 0 Å². The van der Waals surface area contributed by atoms with E-state index >= 15 is 0 Å². The van der Waals surface area contributed by atoms with E-state index in [1.165, 1.54) is 5.56 Å². The standard InChI is InChI=1S/C14H19N3/c1-4-5-9-16-14(15)17-13-8-6-7-12(10-13)11(2)3/h6-8,10-11H,9H2,1-3H3,(H3,15,16,17). The highest BCUT2D eigenvalue weighted by Gasteiger charge is 2.00. The molecule has 1 rings (SSSR count). The van der Waals surface area contributed by atoms with Crippen LogP contribution in [0.2, 0.25) is 0 Å². The molecule has 0 aromatic heterocycles. The van der Waals surface area contributed by atoms with Crippen LogP contribution in [0.5, 0.6) is 0 Å². The van der Waals surface area contributed by atoms with Crippen LogP contribution in [0.3, 0.4) is 0 Å². The molecule has 0 bridgehead atoms. The molecule has 0 saturated heterocycles. The molecular weight excluding hydrogens is 210 g/mol. The van der Waals surface area contributed by atoms with Crippen LogP contribution in [0.15, 0.2) is 29.3 Å². The van der Waals surface area contributed by atoms with Crippen LogP contribution in [-0.2, 0) is 0 Å². The minimum atomic E-state index is 0.397. The summed E-state index contributed by atoms with van der Waals surface area (Å²) < 4.78 is 0. The zero-order chi connectivity index (χ0) is 12.7. The summed E-state index contributed by atoms with van der Waals surface area (Å²) in [5.41, 5.74) is 7.98. The number of benzene rings is 1. The predicted molar refractivity (Wildman–Crippen MR) is 74.1 cm³/mol. The number of rotatable bonds is 3. The first kappa shape index (κ1) is 13.1. The highest BCUT2D eigenvalue weighted by Crippen LogP contribution is 2.18. The van der Waals surface area contributed by atoms with Gasteiger partial charge in [0.05, 0.1) is 0 Å². The summed E-state index contributed by atoms with van der Waals surface area (Å²) >= 11 is 0. The quantitative estimate of drug-likeness (QED) is 0.475. The fraction of sp³-hybridized carbons (Fsp3) is 0.357. The Kier molecular flexibility index (Phi) is 5.09. The van der Waals surface area contributed by atoms with E-state index in [0.717, 1.165) is 5.69 Å². The van der Waals surface area contributed by atoms with Crippen LogP contribution in [0, 0.1) is 11.8 Å². The number of nitrogens with zero attached hydrogens (tertiary/aromatic N) is 1. The molecule has 0 aliphatic rings. The number of aliphatic imine (C=N–C) groups is 1. The maximum atomic E-state index is 5.74. The van der Waals surface area contributed by atoms with Gasteiger partial charge in [0.2, 0.25) is 0 Å². The van der Waals surface area contributed by atoms with Gasteiger partial charge in [0.15, 0.2) is 5.96 Å². The number of nitrogens with two attached hydrogens (primary N) is 1. The van der Waals surface area contributed by atoms with Crippen LogP contribution in [0.4, 0.5) is 5.69 Å². The average molecular weight is 229 g/mol. The smallest absolute Gasteiger partial charge is 0.194 e. The molecule has 90 valence electrons. The molecule has 0 fully saturated rings. The Bertz CT molecular complexity index is 450. The molecule has 3 heteroatoms. The van der Waals surface area contributed by atoms with Gasteiger partial charge in [0.1, 0.15) is 6.54 Å². The first-order valence-electron chi connectivity index (χ1n) is 5.70. The van der Waals surface area contributed by atoms with E-state index in [-0.39, 0.29) is 0 Å². The summed E-state index contributed by atoms with van der Waals surface area (Å²) in [7, 11) is 0. The van der Waals surface area contributed by atoms with Crippen molar-refractivity contribution in [2.24, 2.45) is 10.7 Å². The average Bonchev–Trinajstić information content (AvgIpc) is 2.29. The summed E-state index contributed by atoms with van der Waals surface area (Å²) in [5, 5.41) is 3.06. The van der Waals surface area contributed by atoms with E-state index < -0.39 is 0 Å². The van der Waals surface area contributed by atoms with Gasteiger partial charge in [-0.15, -0.1) is 5.92 Å². The van der Waals surface area contributed by atoms with Gasteiger partial charge in [-0.2, -0.15) is 0 Å². The second kappa shape index (κ2) is 6.59. The molecule has 3 nitrogen and oxygen atoms in total. The molecule has 0 unspecified atom stereocenters. The molecule has 0 radical (unpaired) electrons. The Morgan fingerprint density at radius 1 is 1.47 bits per heavy atom. The molecule has 0 atom stereocenters. The molecule has 0 saturated carbocycles. The van der Waals surface area contributed by atoms with Gasteiger partial charge in [0.25, 0.3) is 0 Å². The second-order valence-corrected chi connectivity index (χ2v) is 4.03. The molecule has 1 aromatic carbocycles. The van der Waals surface area contributed by atoms with E-state index in [0.29, 0.717) is 18.4 Å². The molecule has 1 aromatic rings. The van der Waals surface area contributed by atoms with E-state index in [2.05, 4.69) is 48.1 Å². The van der Waals surface area contributed by atoms with Crippen molar-refractivity contribution < 1.29 is 0 Å². The molecule has 3 N–H and O–H groups in total. The third-order valence-corrected chi connectivity index (χ3v) is 2.33. The lowest BCUT2D eigenvalue weighted by Gasteiger charge is -2.09. The summed E-state index contributed by atoms with van der Waals surface area (Å²) in [6.45, 7) is 6.53. The minimum Gasteiger partial charge on any atom is -0.370 e. The van der Waals surface area contributed by atoms with Crippen molar-refractivity contribution in [3.8, 4) is 11.8 Å². The van der Waals surface area contributed by atoms with Crippen LogP contribution >= 0.6 is 0 Å². The third kappa shape index (κ3) is 4.60. The number of hydrogen-bond donors (Lipinski definition) is 2. The van der Waals surface area contributed by atoms with Crippen LogP contribution in [0.25, 0.3) is 0 Å². The Labute approximate surface area is 103 Å². The third-order valence-electron chi connectivity index (χ3n) is 2.33. The number of nitrogens with one attached hydrogen (secondary N) is 1. The van der Waals surface area contributed by atoms with Gasteiger partial charge in [-0.25, -0.2) is 4.99 Å². The van der Waals surface area contributed by atoms with Crippen molar-refractivity contribution in [2.45, 2.75) is 26.7 Å². The Morgan fingerprint density at radius 2 is 2.24 bits per heavy atom. The summed E-state index contributed by atoms with van der Waals surface area (Å²) in [4.78, 5) is 4.09. The molecule has 17 heavy (non-hydrogen) atoms. The normalized spacial score (nSPS) is 10.9. The lowest BCUT2D eigenvalue weighted by atomic mass is 10.0. The Balaban J connectivity index is 2.70. The van der Waals surface area contributed by atoms with Crippen molar-refractivity contribution in [1.29, 1.82) is 0 Å². The van der Waals surface area contributed by atoms with E-state index in [1.807, 2.05) is 12.1 Å². The molecule has 0 heterocycles. The molecule has 0 amide bonds. The zero-order valence-electron chi connectivity index (χ0n) is 10.6. The van der Waals surface area contributed by atoms with Crippen LogP contribution < -0.4 is 11.1 Å². The van der Waals surface area contributed by atoms with E-state index in [4.69, 9.17) is 5.73 Å². The SMILES string of the molecule is CC#CCN=C(N)Nc1cccc(C(C)C)c1. The Hall–Kier alpha value is -1.95. The van der Waals surface area contributed by atoms with Crippen LogP contribution in [-0.4, -0.2) is 12.5 Å². The molecule has 0 spiro atoms. The van der Waals surface area contributed by atoms with Gasteiger partial charge < -0.3 is 11.1 Å². The maximum Gasteiger partial charge on any atom is 0.194 e. The fourth-order valence-electron chi connectivity index (χ4n) is 1.37. The molecule has 0 aliphatic carbocycles. The lowest BCUT2D eigenvalue weighted by Crippen LogP contribution is -2.22. The maximum absolute atomic E-state index is 5.74. The predicted octanol–water partition coefficient (Wildman–Crippen LogP) is 2.56. The van der Waals surface area contributed by atoms with Crippen molar-refractivity contribution in [3.63, 3.8) is 0 Å². The first-order chi connectivity index (χ1) is 8.13. The van der Waals surface area contributed by atoms with Gasteiger partial charge in [0, 0.05) is 5.69 Å². The summed E-state index contributed by atoms with van der Waals surface area (Å²) in [6, 6.07) is 8.17. The Morgan fingerprint density at radius 3 is 2.88 bits per heavy atom. The number of anilines is 1. The lowest BCUT2D eigenvalue weighted by molar-refractivity contribution is 0.867. The largest absolute Gasteiger partial charge is 0.370 e. The highest BCUT2D eigenvalue weighted by atomic mass is 15.1. The molecule has 0 aliphatic heterocycles. The van der Waals surface area contributed by atoms with Gasteiger partial charge >= 0.3 is 0 Å². The topological polar surface area (TPSA) is 50.4 Å². The zero-order valence-corrected chi connectivity index (χ0v) is 10.6. The van der Waals surface area contributed by atoms with Gasteiger partial charge in [-0.3, -0.25) is 0 Å². The van der Waals surface area contributed by atoms with Gasteiger partial charge in [-0.05, 0) is 30.5 Å². The first-order valence-corrected chi connectivity index (χ1v) is 5.70. The fourth-order valence-corrected chi connectivity index (χ4v) is 1.37. The van der Waals surface area contributed by atoms with Gasteiger partial charge in [-0.1, -0.05) is 31.9 Å². The summed E-state index contributed by atoms with van der Waals surface area (Å²) in [6.07, 6.45) is 0. The number of guanidine groups is 1. The van der Waals surface area contributed by atoms with Crippen LogP contribution in [0.1, 0.15) is 32.3 Å². The van der Waals surface area contributed by atoms with Crippen molar-refractivity contribution in [1.82, 2.24) is 0 Å². The van der Waals surface area contributed by atoms with Crippen molar-refractivity contribution >= 4 is 11.6 Å². The monoisotopic (exact) mass is 229 g/mol. The van der Waals surface area contributed by atoms with Crippen molar-refractivity contribution in [2.75, 3.05) is 11.9 Å². The highest BCUT2D eigenvalue weighted by molar-refractivity contribution is 5.92. The number of hydrogen-bond acceptors (Lipinski definition) is 1. The van der Waals surface area contributed by atoms with E-state index in [1.54, 1.807) is 6.92 Å².